The van der Waals surface area contributed by atoms with Gasteiger partial charge in [0.1, 0.15) is 0 Å². The molecule has 6 nitrogen and oxygen atoms in total. The van der Waals surface area contributed by atoms with Crippen molar-refractivity contribution >= 4 is 44.9 Å². The highest BCUT2D eigenvalue weighted by atomic mass is 16.4. The summed E-state index contributed by atoms with van der Waals surface area (Å²) in [5.41, 5.74) is 12.2. The van der Waals surface area contributed by atoms with Gasteiger partial charge in [-0.3, -0.25) is 0 Å². The molecule has 0 spiro atoms. The van der Waals surface area contributed by atoms with Crippen LogP contribution < -0.4 is 9.80 Å². The Kier molecular flexibility index (Phi) is 10.2. The molecule has 0 amide bonds. The average Bonchev–Trinajstić information content (AvgIpc) is 3.57. The summed E-state index contributed by atoms with van der Waals surface area (Å²) in [4.78, 5) is 29.7. The highest BCUT2D eigenvalue weighted by Gasteiger charge is 2.47. The Morgan fingerprint density at radius 1 is 0.702 bits per heavy atom. The summed E-state index contributed by atoms with van der Waals surface area (Å²) in [5, 5.41) is 23.8. The number of fused-ring (bicyclic) bond motifs is 6. The molecule has 0 saturated heterocycles. The molecule has 2 heterocycles. The number of aromatic carboxylic acids is 2. The summed E-state index contributed by atoms with van der Waals surface area (Å²) in [6, 6.07) is 20.1. The van der Waals surface area contributed by atoms with E-state index in [1.54, 1.807) is 12.1 Å². The van der Waals surface area contributed by atoms with Crippen molar-refractivity contribution in [1.29, 1.82) is 0 Å². The van der Waals surface area contributed by atoms with E-state index in [-0.39, 0.29) is 16.9 Å². The molecule has 57 heavy (non-hydrogen) atoms. The lowest BCUT2D eigenvalue weighted by atomic mass is 9.73. The van der Waals surface area contributed by atoms with Gasteiger partial charge in [0.25, 0.3) is 0 Å². The molecule has 8 rings (SSSR count). The highest BCUT2D eigenvalue weighted by molar-refractivity contribution is 6.08. The topological polar surface area (TPSA) is 81.1 Å². The molecule has 0 aromatic heterocycles. The Hall–Kier alpha value is -5.10. The molecular weight excluding hydrogens is 705 g/mol. The number of hydrogen-bond acceptors (Lipinski definition) is 4. The first-order valence-corrected chi connectivity index (χ1v) is 21.4. The molecule has 0 bridgehead atoms. The molecule has 0 fully saturated rings. The van der Waals surface area contributed by atoms with E-state index in [2.05, 4.69) is 93.8 Å². The number of unbranched alkanes of at least 4 members (excludes halogenated alkanes) is 2. The summed E-state index contributed by atoms with van der Waals surface area (Å²) in [5.74, 6) is -1.77. The molecule has 1 atom stereocenters. The van der Waals surface area contributed by atoms with Crippen molar-refractivity contribution in [3.63, 3.8) is 0 Å². The predicted molar refractivity (Wildman–Crippen MR) is 235 cm³/mol. The summed E-state index contributed by atoms with van der Waals surface area (Å²) in [7, 11) is 0. The Bertz CT molecular complexity index is 2420. The standard InChI is InChI=1S/C51H58N2O4/c1-7-9-27-52-42-25-23-36-38(19-13-21-40(36)48(54)55)44(42)50(3,4)46(52)34-17-11-15-32(30-34)29-33-16-12-18-35(31-33)47-51(5,6)45-39-20-14-22-41(49(56)57)37(39)24-26-43(45)53(47)28-10-8-2/h13-14,19-26,29-31,46H,7-12,15-18,27-28H2,1-6H3,(H,54,55)(H,56,57). The summed E-state index contributed by atoms with van der Waals surface area (Å²) < 4.78 is 0. The van der Waals surface area contributed by atoms with Crippen LogP contribution in [0.5, 0.6) is 0 Å². The Morgan fingerprint density at radius 3 is 1.96 bits per heavy atom. The van der Waals surface area contributed by atoms with Gasteiger partial charge in [0, 0.05) is 41.0 Å². The van der Waals surface area contributed by atoms with E-state index >= 15 is 0 Å². The number of anilines is 2. The number of carbonyl (C=O) groups is 2. The average molecular weight is 763 g/mol. The first-order valence-electron chi connectivity index (χ1n) is 21.4. The van der Waals surface area contributed by atoms with Crippen LogP contribution in [0.4, 0.5) is 11.4 Å². The van der Waals surface area contributed by atoms with Gasteiger partial charge in [-0.25, -0.2) is 9.59 Å². The van der Waals surface area contributed by atoms with Crippen molar-refractivity contribution in [1.82, 2.24) is 0 Å². The lowest BCUT2D eigenvalue weighted by Crippen LogP contribution is -2.44. The molecule has 2 aliphatic carbocycles. The minimum absolute atomic E-state index is 0.196. The quantitative estimate of drug-likeness (QED) is 0.167. The smallest absolute Gasteiger partial charge is 0.336 e. The van der Waals surface area contributed by atoms with Gasteiger partial charge in [-0.05, 0) is 131 Å². The van der Waals surface area contributed by atoms with Gasteiger partial charge >= 0.3 is 11.9 Å². The third-order valence-corrected chi connectivity index (χ3v) is 13.4. The fourth-order valence-electron chi connectivity index (χ4n) is 11.1. The second-order valence-corrected chi connectivity index (χ2v) is 17.9. The fourth-order valence-corrected chi connectivity index (χ4v) is 11.1. The van der Waals surface area contributed by atoms with E-state index in [0.29, 0.717) is 11.1 Å². The Morgan fingerprint density at radius 2 is 1.32 bits per heavy atom. The fraction of sp³-hybridized carbons (Fsp3) is 0.412. The number of carboxylic acids is 2. The molecule has 1 unspecified atom stereocenters. The molecule has 296 valence electrons. The molecule has 6 heteroatoms. The second kappa shape index (κ2) is 15.0. The number of hydrogen-bond donors (Lipinski definition) is 2. The number of nitrogens with zero attached hydrogens (tertiary/aromatic N) is 2. The maximum absolute atomic E-state index is 12.3. The summed E-state index contributed by atoms with van der Waals surface area (Å²) in [6.07, 6.45) is 18.3. The minimum Gasteiger partial charge on any atom is -0.478 e. The molecule has 2 N–H and O–H groups in total. The molecule has 4 aliphatic rings. The number of carboxylic acid groups (broad SMARTS) is 2. The highest BCUT2D eigenvalue weighted by Crippen LogP contribution is 2.54. The van der Waals surface area contributed by atoms with Crippen molar-refractivity contribution in [2.24, 2.45) is 0 Å². The van der Waals surface area contributed by atoms with E-state index < -0.39 is 11.9 Å². The maximum Gasteiger partial charge on any atom is 0.336 e. The first-order chi connectivity index (χ1) is 27.4. The zero-order valence-electron chi connectivity index (χ0n) is 34.7. The van der Waals surface area contributed by atoms with Crippen LogP contribution in [0.15, 0.2) is 107 Å². The first kappa shape index (κ1) is 38.8. The monoisotopic (exact) mass is 762 g/mol. The number of rotatable bonds is 10. The van der Waals surface area contributed by atoms with E-state index in [1.807, 2.05) is 24.3 Å². The van der Waals surface area contributed by atoms with Gasteiger partial charge in [-0.1, -0.05) is 109 Å². The van der Waals surface area contributed by atoms with E-state index in [1.165, 1.54) is 50.5 Å². The second-order valence-electron chi connectivity index (χ2n) is 17.9. The largest absolute Gasteiger partial charge is 0.478 e. The molecule has 4 aromatic carbocycles. The molecule has 0 saturated carbocycles. The Balaban J connectivity index is 1.20. The maximum atomic E-state index is 12.3. The van der Waals surface area contributed by atoms with Gasteiger partial charge in [-0.2, -0.15) is 0 Å². The van der Waals surface area contributed by atoms with Gasteiger partial charge in [0.2, 0.25) is 0 Å². The third kappa shape index (κ3) is 6.49. The van der Waals surface area contributed by atoms with Crippen molar-refractivity contribution in [2.45, 2.75) is 123 Å². The van der Waals surface area contributed by atoms with Crippen LogP contribution in [0.2, 0.25) is 0 Å². The lowest BCUT2D eigenvalue weighted by molar-refractivity contribution is 0.0688. The SMILES string of the molecule is CCCCN1C(=C2C=C(C=C3C=C(C4N(CCCC)c5ccc6c(C(=O)O)cccc6c5C4(C)C)CCC3)CCC2)C(C)(C)c2c1ccc1c(C(=O)O)cccc21. The van der Waals surface area contributed by atoms with E-state index in [0.717, 1.165) is 98.8 Å². The normalized spacial score (nSPS) is 21.9. The Labute approximate surface area is 338 Å². The minimum atomic E-state index is -0.886. The van der Waals surface area contributed by atoms with Crippen LogP contribution in [-0.4, -0.2) is 41.3 Å². The van der Waals surface area contributed by atoms with Crippen molar-refractivity contribution < 1.29 is 19.8 Å². The summed E-state index contributed by atoms with van der Waals surface area (Å²) in [6.45, 7) is 15.8. The van der Waals surface area contributed by atoms with Crippen LogP contribution in [-0.2, 0) is 10.8 Å². The van der Waals surface area contributed by atoms with Crippen LogP contribution in [0.25, 0.3) is 21.5 Å². The molecule has 4 aromatic rings. The molecular formula is C51H58N2O4. The van der Waals surface area contributed by atoms with Crippen molar-refractivity contribution in [2.75, 3.05) is 22.9 Å². The zero-order chi connectivity index (χ0) is 40.2. The summed E-state index contributed by atoms with van der Waals surface area (Å²) >= 11 is 0. The molecule has 0 radical (unpaired) electrons. The number of benzene rings is 4. The van der Waals surface area contributed by atoms with Crippen LogP contribution in [0, 0.1) is 0 Å². The van der Waals surface area contributed by atoms with Gasteiger partial charge in [0.05, 0.1) is 17.2 Å². The van der Waals surface area contributed by atoms with E-state index in [4.69, 9.17) is 0 Å². The lowest BCUT2D eigenvalue weighted by Gasteiger charge is -2.38. The zero-order valence-corrected chi connectivity index (χ0v) is 34.7. The molecule has 2 aliphatic heterocycles. The van der Waals surface area contributed by atoms with Crippen molar-refractivity contribution in [3.8, 4) is 0 Å². The van der Waals surface area contributed by atoms with Crippen LogP contribution in [0.1, 0.15) is 138 Å². The van der Waals surface area contributed by atoms with Crippen LogP contribution >= 0.6 is 0 Å². The third-order valence-electron chi connectivity index (χ3n) is 13.4. The van der Waals surface area contributed by atoms with Crippen molar-refractivity contribution in [3.05, 3.63) is 129 Å². The van der Waals surface area contributed by atoms with Gasteiger partial charge in [-0.15, -0.1) is 0 Å². The van der Waals surface area contributed by atoms with Crippen LogP contribution in [0.3, 0.4) is 0 Å². The number of allylic oxidation sites excluding steroid dienone is 7. The predicted octanol–water partition coefficient (Wildman–Crippen LogP) is 12.7. The van der Waals surface area contributed by atoms with Gasteiger partial charge in [0.15, 0.2) is 0 Å². The van der Waals surface area contributed by atoms with Gasteiger partial charge < -0.3 is 20.0 Å². The van der Waals surface area contributed by atoms with E-state index in [9.17, 15) is 19.8 Å².